The molecule has 2 heterocycles. The zero-order valence-electron chi connectivity index (χ0n) is 13.4. The number of rotatable bonds is 3. The van der Waals surface area contributed by atoms with E-state index in [9.17, 15) is 13.5 Å². The summed E-state index contributed by atoms with van der Waals surface area (Å²) < 4.78 is 27.9. The molecule has 124 valence electrons. The molecule has 1 aromatic heterocycles. The van der Waals surface area contributed by atoms with Crippen molar-refractivity contribution in [1.29, 1.82) is 0 Å². The Balaban J connectivity index is 2.15. The van der Waals surface area contributed by atoms with E-state index < -0.39 is 10.0 Å². The van der Waals surface area contributed by atoms with Crippen LogP contribution in [0.1, 0.15) is 25.3 Å². The molecule has 1 aliphatic rings. The number of fused-ring (bicyclic) bond motifs is 1. The van der Waals surface area contributed by atoms with Gasteiger partial charge >= 0.3 is 0 Å². The Morgan fingerprint density at radius 1 is 1.35 bits per heavy atom. The van der Waals surface area contributed by atoms with Crippen molar-refractivity contribution in [3.8, 4) is 0 Å². The van der Waals surface area contributed by atoms with Gasteiger partial charge < -0.3 is 5.11 Å². The van der Waals surface area contributed by atoms with Crippen molar-refractivity contribution in [3.05, 3.63) is 36.0 Å². The molecule has 5 nitrogen and oxygen atoms in total. The first kappa shape index (κ1) is 16.4. The maximum absolute atomic E-state index is 13.2. The van der Waals surface area contributed by atoms with Crippen molar-refractivity contribution in [2.45, 2.75) is 37.6 Å². The van der Waals surface area contributed by atoms with Crippen LogP contribution in [0.2, 0.25) is 0 Å². The van der Waals surface area contributed by atoms with E-state index in [0.717, 1.165) is 18.4 Å². The molecule has 0 bridgehead atoms. The van der Waals surface area contributed by atoms with Gasteiger partial charge in [0.25, 0.3) is 0 Å². The second-order valence-electron chi connectivity index (χ2n) is 6.27. The zero-order valence-corrected chi connectivity index (χ0v) is 14.3. The molecule has 2 aromatic rings. The number of aromatic nitrogens is 1. The number of sulfonamides is 1. The molecule has 1 aliphatic heterocycles. The lowest BCUT2D eigenvalue weighted by Gasteiger charge is -2.38. The fourth-order valence-electron chi connectivity index (χ4n) is 3.42. The largest absolute Gasteiger partial charge is 0.395 e. The number of aliphatic hydroxyl groups is 1. The summed E-state index contributed by atoms with van der Waals surface area (Å²) in [6.45, 7) is 4.22. The summed E-state index contributed by atoms with van der Waals surface area (Å²) in [4.78, 5) is 4.60. The SMILES string of the molecule is Cc1ccc(S(=O)(=O)N2CCCC(C)C2CO)c2cccnc12. The number of piperidine rings is 1. The minimum atomic E-state index is -3.67. The second-order valence-corrected chi connectivity index (χ2v) is 8.12. The van der Waals surface area contributed by atoms with Gasteiger partial charge in [-0.15, -0.1) is 0 Å². The Kier molecular flexibility index (Phi) is 4.40. The fourth-order valence-corrected chi connectivity index (χ4v) is 5.36. The topological polar surface area (TPSA) is 70.5 Å². The Morgan fingerprint density at radius 3 is 2.87 bits per heavy atom. The molecule has 3 rings (SSSR count). The number of aryl methyl sites for hydroxylation is 1. The number of hydrogen-bond donors (Lipinski definition) is 1. The molecule has 1 saturated heterocycles. The van der Waals surface area contributed by atoms with Crippen LogP contribution < -0.4 is 0 Å². The summed E-state index contributed by atoms with van der Waals surface area (Å²) in [6.07, 6.45) is 3.43. The molecule has 0 aliphatic carbocycles. The van der Waals surface area contributed by atoms with Gasteiger partial charge in [-0.25, -0.2) is 8.42 Å². The first-order chi connectivity index (χ1) is 11.0. The summed E-state index contributed by atoms with van der Waals surface area (Å²) in [5.74, 6) is 0.151. The van der Waals surface area contributed by atoms with Crippen molar-refractivity contribution in [1.82, 2.24) is 9.29 Å². The van der Waals surface area contributed by atoms with E-state index in [0.29, 0.717) is 17.4 Å². The molecular formula is C17H22N2O3S. The van der Waals surface area contributed by atoms with Crippen LogP contribution in [0.25, 0.3) is 10.9 Å². The zero-order chi connectivity index (χ0) is 16.6. The van der Waals surface area contributed by atoms with Gasteiger partial charge in [0.15, 0.2) is 0 Å². The molecule has 2 unspecified atom stereocenters. The quantitative estimate of drug-likeness (QED) is 0.935. The Hall–Kier alpha value is -1.50. The van der Waals surface area contributed by atoms with Gasteiger partial charge in [0.05, 0.1) is 23.1 Å². The van der Waals surface area contributed by atoms with E-state index in [2.05, 4.69) is 4.98 Å². The lowest BCUT2D eigenvalue weighted by Crippen LogP contribution is -2.49. The molecule has 1 aromatic carbocycles. The van der Waals surface area contributed by atoms with Crippen LogP contribution in [-0.2, 0) is 10.0 Å². The van der Waals surface area contributed by atoms with Crippen molar-refractivity contribution in [2.75, 3.05) is 13.2 Å². The van der Waals surface area contributed by atoms with Gasteiger partial charge in [-0.05, 0) is 49.4 Å². The molecule has 1 fully saturated rings. The van der Waals surface area contributed by atoms with Crippen LogP contribution in [0.4, 0.5) is 0 Å². The van der Waals surface area contributed by atoms with Crippen LogP contribution in [0.15, 0.2) is 35.4 Å². The highest BCUT2D eigenvalue weighted by Gasteiger charge is 2.37. The molecular weight excluding hydrogens is 312 g/mol. The summed E-state index contributed by atoms with van der Waals surface area (Å²) in [5, 5.41) is 10.3. The van der Waals surface area contributed by atoms with Gasteiger partial charge in [-0.1, -0.05) is 13.0 Å². The maximum Gasteiger partial charge on any atom is 0.244 e. The number of hydrogen-bond acceptors (Lipinski definition) is 4. The Morgan fingerprint density at radius 2 is 2.13 bits per heavy atom. The minimum absolute atomic E-state index is 0.150. The third kappa shape index (κ3) is 2.75. The molecule has 1 N–H and O–H groups in total. The maximum atomic E-state index is 13.2. The van der Waals surface area contributed by atoms with Gasteiger partial charge in [0, 0.05) is 18.1 Å². The molecule has 0 saturated carbocycles. The number of pyridine rings is 1. The van der Waals surface area contributed by atoms with Crippen molar-refractivity contribution < 1.29 is 13.5 Å². The van der Waals surface area contributed by atoms with Crippen LogP contribution >= 0.6 is 0 Å². The van der Waals surface area contributed by atoms with Crippen molar-refractivity contribution in [3.63, 3.8) is 0 Å². The van der Waals surface area contributed by atoms with Gasteiger partial charge in [-0.2, -0.15) is 4.31 Å². The minimum Gasteiger partial charge on any atom is -0.395 e. The average molecular weight is 334 g/mol. The molecule has 6 heteroatoms. The number of nitrogens with zero attached hydrogens (tertiary/aromatic N) is 2. The normalized spacial score (nSPS) is 23.3. The highest BCUT2D eigenvalue weighted by molar-refractivity contribution is 7.89. The van der Waals surface area contributed by atoms with Crippen LogP contribution in [-0.4, -0.2) is 42.0 Å². The number of aliphatic hydroxyl groups excluding tert-OH is 1. The Bertz CT molecular complexity index is 820. The highest BCUT2D eigenvalue weighted by Crippen LogP contribution is 2.32. The third-order valence-corrected chi connectivity index (χ3v) is 6.75. The summed E-state index contributed by atoms with van der Waals surface area (Å²) in [7, 11) is -3.67. The van der Waals surface area contributed by atoms with Crippen molar-refractivity contribution in [2.24, 2.45) is 5.92 Å². The van der Waals surface area contributed by atoms with E-state index in [4.69, 9.17) is 0 Å². The van der Waals surface area contributed by atoms with Crippen LogP contribution in [0.3, 0.4) is 0 Å². The molecule has 23 heavy (non-hydrogen) atoms. The smallest absolute Gasteiger partial charge is 0.244 e. The lowest BCUT2D eigenvalue weighted by molar-refractivity contribution is 0.113. The lowest BCUT2D eigenvalue weighted by atomic mass is 9.93. The van der Waals surface area contributed by atoms with Crippen LogP contribution in [0.5, 0.6) is 0 Å². The summed E-state index contributed by atoms with van der Waals surface area (Å²) in [5.41, 5.74) is 1.66. The van der Waals surface area contributed by atoms with E-state index in [1.165, 1.54) is 4.31 Å². The predicted molar refractivity (Wildman–Crippen MR) is 89.6 cm³/mol. The summed E-state index contributed by atoms with van der Waals surface area (Å²) in [6, 6.07) is 6.64. The van der Waals surface area contributed by atoms with E-state index in [1.807, 2.05) is 13.8 Å². The van der Waals surface area contributed by atoms with Crippen molar-refractivity contribution >= 4 is 20.9 Å². The van der Waals surface area contributed by atoms with Gasteiger partial charge in [-0.3, -0.25) is 4.98 Å². The van der Waals surface area contributed by atoms with Gasteiger partial charge in [0.1, 0.15) is 0 Å². The monoisotopic (exact) mass is 334 g/mol. The highest BCUT2D eigenvalue weighted by atomic mass is 32.2. The molecule has 0 radical (unpaired) electrons. The Labute approximate surface area is 137 Å². The number of benzene rings is 1. The summed E-state index contributed by atoms with van der Waals surface area (Å²) >= 11 is 0. The van der Waals surface area contributed by atoms with E-state index in [-0.39, 0.29) is 23.5 Å². The standard InChI is InChI=1S/C17H22N2O3S/c1-12-5-4-10-19(15(12)11-20)23(21,22)16-8-7-13(2)17-14(16)6-3-9-18-17/h3,6-9,12,15,20H,4-5,10-11H2,1-2H3. The molecule has 2 atom stereocenters. The molecule has 0 spiro atoms. The van der Waals surface area contributed by atoms with E-state index >= 15 is 0 Å². The van der Waals surface area contributed by atoms with E-state index in [1.54, 1.807) is 30.5 Å². The predicted octanol–water partition coefficient (Wildman–Crippen LogP) is 2.32. The second kappa shape index (κ2) is 6.19. The van der Waals surface area contributed by atoms with Crippen LogP contribution in [0, 0.1) is 12.8 Å². The average Bonchev–Trinajstić information content (AvgIpc) is 2.55. The van der Waals surface area contributed by atoms with Gasteiger partial charge in [0.2, 0.25) is 10.0 Å². The third-order valence-electron chi connectivity index (χ3n) is 4.77. The molecule has 0 amide bonds. The first-order valence-corrected chi connectivity index (χ1v) is 9.38. The first-order valence-electron chi connectivity index (χ1n) is 7.94. The fraction of sp³-hybridized carbons (Fsp3) is 0.471.